The molecule has 0 bridgehead atoms. The van der Waals surface area contributed by atoms with Crippen molar-refractivity contribution < 1.29 is 0 Å². The van der Waals surface area contributed by atoms with Crippen LogP contribution in [-0.4, -0.2) is 0 Å². The topological polar surface area (TPSA) is 12.0 Å². The Morgan fingerprint density at radius 1 is 1.05 bits per heavy atom. The Balaban J connectivity index is 1.77. The molecule has 1 aliphatic rings. The van der Waals surface area contributed by atoms with Crippen molar-refractivity contribution >= 4 is 28.9 Å². The van der Waals surface area contributed by atoms with E-state index < -0.39 is 0 Å². The van der Waals surface area contributed by atoms with Gasteiger partial charge < -0.3 is 5.32 Å². The Morgan fingerprint density at radius 2 is 1.84 bits per heavy atom. The maximum absolute atomic E-state index is 6.16. The smallest absolute Gasteiger partial charge is 0.0638 e. The summed E-state index contributed by atoms with van der Waals surface area (Å²) in [6.45, 7) is 0.784. The van der Waals surface area contributed by atoms with Crippen LogP contribution in [0, 0.1) is 0 Å². The first-order valence-corrected chi connectivity index (χ1v) is 7.26. The molecule has 0 spiro atoms. The van der Waals surface area contributed by atoms with Crippen molar-refractivity contribution in [2.45, 2.75) is 25.3 Å². The van der Waals surface area contributed by atoms with Crippen LogP contribution in [-0.2, 0) is 6.54 Å². The molecular weight excluding hydrogens is 277 g/mol. The second-order valence-electron chi connectivity index (χ2n) is 4.95. The standard InChI is InChI=1S/C16H15Cl2N/c17-13-7-8-15(18)16(9-13)19-10-12-3-1-2-4-14(12)11-5-6-11/h1-4,7-9,11,19H,5-6,10H2. The molecule has 2 aromatic carbocycles. The number of nitrogens with one attached hydrogen (secondary N) is 1. The molecule has 2 aromatic rings. The van der Waals surface area contributed by atoms with E-state index in [0.717, 1.165) is 18.2 Å². The fourth-order valence-electron chi connectivity index (χ4n) is 2.31. The third kappa shape index (κ3) is 3.05. The van der Waals surface area contributed by atoms with Crippen LogP contribution in [0.15, 0.2) is 42.5 Å². The average molecular weight is 292 g/mol. The summed E-state index contributed by atoms with van der Waals surface area (Å²) in [5, 5.41) is 4.78. The normalized spacial score (nSPS) is 14.4. The number of rotatable bonds is 4. The lowest BCUT2D eigenvalue weighted by atomic mass is 10.0. The van der Waals surface area contributed by atoms with Gasteiger partial charge >= 0.3 is 0 Å². The highest BCUT2D eigenvalue weighted by Gasteiger charge is 2.25. The van der Waals surface area contributed by atoms with Gasteiger partial charge in [-0.2, -0.15) is 0 Å². The van der Waals surface area contributed by atoms with Crippen LogP contribution >= 0.6 is 23.2 Å². The SMILES string of the molecule is Clc1ccc(Cl)c(NCc2ccccc2C2CC2)c1. The highest BCUT2D eigenvalue weighted by atomic mass is 35.5. The van der Waals surface area contributed by atoms with E-state index in [1.165, 1.54) is 24.0 Å². The molecule has 0 aromatic heterocycles. The summed E-state index contributed by atoms with van der Waals surface area (Å²) >= 11 is 12.1. The Morgan fingerprint density at radius 3 is 2.63 bits per heavy atom. The molecule has 0 aliphatic heterocycles. The molecule has 1 nitrogen and oxygen atoms in total. The quantitative estimate of drug-likeness (QED) is 0.786. The van der Waals surface area contributed by atoms with Crippen LogP contribution in [0.1, 0.15) is 29.9 Å². The Labute approximate surface area is 123 Å². The maximum atomic E-state index is 6.16. The van der Waals surface area contributed by atoms with Crippen molar-refractivity contribution in [3.8, 4) is 0 Å². The molecule has 0 saturated heterocycles. The zero-order chi connectivity index (χ0) is 13.2. The summed E-state index contributed by atoms with van der Waals surface area (Å²) in [7, 11) is 0. The largest absolute Gasteiger partial charge is 0.380 e. The molecule has 1 N–H and O–H groups in total. The lowest BCUT2D eigenvalue weighted by molar-refractivity contribution is 1.04. The van der Waals surface area contributed by atoms with E-state index in [1.54, 1.807) is 6.07 Å². The molecule has 3 rings (SSSR count). The third-order valence-corrected chi connectivity index (χ3v) is 4.03. The van der Waals surface area contributed by atoms with E-state index in [1.807, 2.05) is 12.1 Å². The van der Waals surface area contributed by atoms with Gasteiger partial charge in [0.25, 0.3) is 0 Å². The Hall–Kier alpha value is -1.18. The molecule has 19 heavy (non-hydrogen) atoms. The van der Waals surface area contributed by atoms with Gasteiger partial charge in [-0.15, -0.1) is 0 Å². The average Bonchev–Trinajstić information content (AvgIpc) is 3.25. The lowest BCUT2D eigenvalue weighted by Crippen LogP contribution is -2.02. The molecule has 0 atom stereocenters. The van der Waals surface area contributed by atoms with Gasteiger partial charge in [0.15, 0.2) is 0 Å². The van der Waals surface area contributed by atoms with Crippen LogP contribution in [0.5, 0.6) is 0 Å². The van der Waals surface area contributed by atoms with E-state index in [0.29, 0.717) is 10.0 Å². The van der Waals surface area contributed by atoms with Gasteiger partial charge in [-0.3, -0.25) is 0 Å². The first-order chi connectivity index (χ1) is 9.24. The maximum Gasteiger partial charge on any atom is 0.0638 e. The number of hydrogen-bond acceptors (Lipinski definition) is 1. The number of hydrogen-bond donors (Lipinski definition) is 1. The van der Waals surface area contributed by atoms with Gasteiger partial charge in [-0.05, 0) is 48.1 Å². The molecule has 1 aliphatic carbocycles. The van der Waals surface area contributed by atoms with E-state index >= 15 is 0 Å². The monoisotopic (exact) mass is 291 g/mol. The van der Waals surface area contributed by atoms with Gasteiger partial charge in [-0.1, -0.05) is 47.5 Å². The van der Waals surface area contributed by atoms with Crippen molar-refractivity contribution in [2.24, 2.45) is 0 Å². The minimum absolute atomic E-state index is 0.697. The minimum Gasteiger partial charge on any atom is -0.380 e. The second-order valence-corrected chi connectivity index (χ2v) is 5.79. The van der Waals surface area contributed by atoms with Gasteiger partial charge in [0.05, 0.1) is 10.7 Å². The summed E-state index contributed by atoms with van der Waals surface area (Å²) in [6, 6.07) is 14.1. The zero-order valence-corrected chi connectivity index (χ0v) is 12.0. The molecule has 0 amide bonds. The lowest BCUT2D eigenvalue weighted by Gasteiger charge is -2.12. The highest BCUT2D eigenvalue weighted by molar-refractivity contribution is 6.35. The van der Waals surface area contributed by atoms with Gasteiger partial charge in [0.1, 0.15) is 0 Å². The first kappa shape index (κ1) is 12.8. The summed E-state index contributed by atoms with van der Waals surface area (Å²) in [6.07, 6.45) is 2.63. The molecule has 0 heterocycles. The second kappa shape index (κ2) is 5.44. The molecule has 0 unspecified atom stereocenters. The molecule has 3 heteroatoms. The van der Waals surface area contributed by atoms with Gasteiger partial charge in [0.2, 0.25) is 0 Å². The molecule has 98 valence electrons. The van der Waals surface area contributed by atoms with Crippen molar-refractivity contribution in [3.05, 3.63) is 63.6 Å². The number of anilines is 1. The van der Waals surface area contributed by atoms with Crippen LogP contribution in [0.4, 0.5) is 5.69 Å². The Bertz CT molecular complexity index is 591. The van der Waals surface area contributed by atoms with E-state index in [-0.39, 0.29) is 0 Å². The molecular formula is C16H15Cl2N. The fourth-order valence-corrected chi connectivity index (χ4v) is 2.67. The Kier molecular flexibility index (Phi) is 3.67. The molecule has 1 saturated carbocycles. The van der Waals surface area contributed by atoms with Crippen molar-refractivity contribution in [1.29, 1.82) is 0 Å². The predicted octanol–water partition coefficient (Wildman–Crippen LogP) is 5.48. The number of benzene rings is 2. The summed E-state index contributed by atoms with van der Waals surface area (Å²) < 4.78 is 0. The van der Waals surface area contributed by atoms with E-state index in [4.69, 9.17) is 23.2 Å². The van der Waals surface area contributed by atoms with Crippen molar-refractivity contribution in [2.75, 3.05) is 5.32 Å². The van der Waals surface area contributed by atoms with Crippen molar-refractivity contribution in [1.82, 2.24) is 0 Å². The first-order valence-electron chi connectivity index (χ1n) is 6.51. The summed E-state index contributed by atoms with van der Waals surface area (Å²) in [5.74, 6) is 0.757. The molecule has 0 radical (unpaired) electrons. The number of halogens is 2. The fraction of sp³-hybridized carbons (Fsp3) is 0.250. The summed E-state index contributed by atoms with van der Waals surface area (Å²) in [5.41, 5.74) is 3.70. The predicted molar refractivity (Wildman–Crippen MR) is 82.2 cm³/mol. The van der Waals surface area contributed by atoms with Crippen LogP contribution < -0.4 is 5.32 Å². The van der Waals surface area contributed by atoms with E-state index in [9.17, 15) is 0 Å². The third-order valence-electron chi connectivity index (χ3n) is 3.47. The van der Waals surface area contributed by atoms with Gasteiger partial charge in [0, 0.05) is 11.6 Å². The van der Waals surface area contributed by atoms with Crippen LogP contribution in [0.3, 0.4) is 0 Å². The van der Waals surface area contributed by atoms with E-state index in [2.05, 4.69) is 29.6 Å². The van der Waals surface area contributed by atoms with Crippen LogP contribution in [0.2, 0.25) is 10.0 Å². The molecule has 1 fully saturated rings. The minimum atomic E-state index is 0.697. The zero-order valence-electron chi connectivity index (χ0n) is 10.5. The van der Waals surface area contributed by atoms with Crippen LogP contribution in [0.25, 0.3) is 0 Å². The van der Waals surface area contributed by atoms with Gasteiger partial charge in [-0.25, -0.2) is 0 Å². The van der Waals surface area contributed by atoms with Crippen molar-refractivity contribution in [3.63, 3.8) is 0 Å². The highest BCUT2D eigenvalue weighted by Crippen LogP contribution is 2.41. The summed E-state index contributed by atoms with van der Waals surface area (Å²) in [4.78, 5) is 0.